The number of rotatable bonds is 5. The number of aromatic nitrogens is 2. The first kappa shape index (κ1) is 18.0. The lowest BCUT2D eigenvalue weighted by atomic mass is 10.0. The summed E-state index contributed by atoms with van der Waals surface area (Å²) in [4.78, 5) is 26.4. The third-order valence-electron chi connectivity index (χ3n) is 4.45. The average molecular weight is 357 g/mol. The summed E-state index contributed by atoms with van der Waals surface area (Å²) in [7, 11) is 1.46. The van der Waals surface area contributed by atoms with Gasteiger partial charge in [0.2, 0.25) is 5.69 Å². The number of carbonyl (C=O) groups excluding carboxylic acids is 2. The van der Waals surface area contributed by atoms with Gasteiger partial charge in [-0.1, -0.05) is 25.1 Å². The molecule has 1 fully saturated rings. The molecule has 0 saturated carbocycles. The summed E-state index contributed by atoms with van der Waals surface area (Å²) in [6.07, 6.45) is 3.72. The van der Waals surface area contributed by atoms with E-state index in [1.54, 1.807) is 15.8 Å². The molecule has 1 aliphatic heterocycles. The molecule has 0 bridgehead atoms. The Morgan fingerprint density at radius 3 is 2.73 bits per heavy atom. The Morgan fingerprint density at radius 1 is 1.27 bits per heavy atom. The smallest absolute Gasteiger partial charge is 0.363 e. The van der Waals surface area contributed by atoms with Crippen molar-refractivity contribution in [3.63, 3.8) is 0 Å². The molecule has 0 radical (unpaired) electrons. The molecule has 2 heterocycles. The maximum absolute atomic E-state index is 12.4. The van der Waals surface area contributed by atoms with Crippen LogP contribution in [0.15, 0.2) is 36.5 Å². The normalized spacial score (nSPS) is 17.0. The molecule has 1 saturated heterocycles. The van der Waals surface area contributed by atoms with Crippen molar-refractivity contribution in [2.24, 2.45) is 5.92 Å². The number of hydrogen-bond acceptors (Lipinski definition) is 5. The Labute approximate surface area is 152 Å². The maximum Gasteiger partial charge on any atom is 0.363 e. The van der Waals surface area contributed by atoms with Gasteiger partial charge < -0.3 is 14.4 Å². The number of methoxy groups -OCH3 is 1. The van der Waals surface area contributed by atoms with Crippen LogP contribution < -0.4 is 4.74 Å². The first-order chi connectivity index (χ1) is 12.6. The van der Waals surface area contributed by atoms with Crippen LogP contribution >= 0.6 is 0 Å². The molecule has 0 unspecified atom stereocenters. The zero-order valence-corrected chi connectivity index (χ0v) is 15.1. The van der Waals surface area contributed by atoms with Gasteiger partial charge in [-0.3, -0.25) is 4.79 Å². The second-order valence-electron chi connectivity index (χ2n) is 6.49. The number of nitrogens with zero attached hydrogens (tertiary/aromatic N) is 3. The highest BCUT2D eigenvalue weighted by atomic mass is 16.5. The highest BCUT2D eigenvalue weighted by Crippen LogP contribution is 2.20. The number of benzene rings is 1. The van der Waals surface area contributed by atoms with Gasteiger partial charge in [0.15, 0.2) is 12.4 Å². The number of hydrogen-bond donors (Lipinski definition) is 0. The summed E-state index contributed by atoms with van der Waals surface area (Å²) in [5, 5.41) is 4.25. The maximum atomic E-state index is 12.4. The zero-order valence-electron chi connectivity index (χ0n) is 15.1. The Kier molecular flexibility index (Phi) is 5.55. The summed E-state index contributed by atoms with van der Waals surface area (Å²) < 4.78 is 12.0. The molecule has 1 aromatic heterocycles. The van der Waals surface area contributed by atoms with Gasteiger partial charge in [0, 0.05) is 13.1 Å². The molecule has 1 aliphatic rings. The van der Waals surface area contributed by atoms with Crippen LogP contribution in [-0.2, 0) is 9.53 Å². The van der Waals surface area contributed by atoms with Gasteiger partial charge in [-0.2, -0.15) is 5.10 Å². The largest absolute Gasteiger partial charge is 0.493 e. The van der Waals surface area contributed by atoms with Crippen LogP contribution in [0.5, 0.6) is 5.75 Å². The molecule has 1 amide bonds. The fraction of sp³-hybridized carbons (Fsp3) is 0.421. The predicted octanol–water partition coefficient (Wildman–Crippen LogP) is 2.30. The minimum absolute atomic E-state index is 0.0520. The van der Waals surface area contributed by atoms with E-state index in [0.29, 0.717) is 24.8 Å². The van der Waals surface area contributed by atoms with E-state index in [1.807, 2.05) is 30.3 Å². The van der Waals surface area contributed by atoms with E-state index < -0.39 is 5.97 Å². The van der Waals surface area contributed by atoms with E-state index in [4.69, 9.17) is 9.47 Å². The average Bonchev–Trinajstić information content (AvgIpc) is 3.11. The molecule has 1 aromatic carbocycles. The van der Waals surface area contributed by atoms with Crippen LogP contribution in [0.2, 0.25) is 0 Å². The van der Waals surface area contributed by atoms with Crippen molar-refractivity contribution in [1.29, 1.82) is 0 Å². The monoisotopic (exact) mass is 357 g/mol. The lowest BCUT2D eigenvalue weighted by Crippen LogP contribution is -2.41. The van der Waals surface area contributed by atoms with Gasteiger partial charge in [0.25, 0.3) is 5.91 Å². The second-order valence-corrected chi connectivity index (χ2v) is 6.49. The van der Waals surface area contributed by atoms with Crippen molar-refractivity contribution < 1.29 is 19.1 Å². The van der Waals surface area contributed by atoms with E-state index in [-0.39, 0.29) is 18.2 Å². The molecular weight excluding hydrogens is 334 g/mol. The molecule has 7 heteroatoms. The molecule has 26 heavy (non-hydrogen) atoms. The van der Waals surface area contributed by atoms with Crippen LogP contribution in [0.1, 0.15) is 30.3 Å². The van der Waals surface area contributed by atoms with Gasteiger partial charge in [-0.05, 0) is 30.9 Å². The summed E-state index contributed by atoms with van der Waals surface area (Å²) in [5.41, 5.74) is 0.847. The summed E-state index contributed by atoms with van der Waals surface area (Å²) in [6.45, 7) is 3.26. The van der Waals surface area contributed by atoms with Crippen molar-refractivity contribution >= 4 is 11.9 Å². The lowest BCUT2D eigenvalue weighted by Gasteiger charge is -2.30. The molecule has 1 atom stereocenters. The van der Waals surface area contributed by atoms with E-state index in [9.17, 15) is 9.59 Å². The van der Waals surface area contributed by atoms with Crippen LogP contribution in [0.25, 0.3) is 5.69 Å². The zero-order chi connectivity index (χ0) is 18.5. The van der Waals surface area contributed by atoms with Gasteiger partial charge >= 0.3 is 5.97 Å². The number of ether oxygens (including phenoxy) is 2. The minimum atomic E-state index is -0.671. The Balaban J connectivity index is 1.66. The first-order valence-corrected chi connectivity index (χ1v) is 8.72. The topological polar surface area (TPSA) is 73.7 Å². The van der Waals surface area contributed by atoms with Gasteiger partial charge in [-0.15, -0.1) is 0 Å². The third kappa shape index (κ3) is 4.04. The molecular formula is C19H23N3O4. The van der Waals surface area contributed by atoms with Gasteiger partial charge in [-0.25, -0.2) is 9.48 Å². The standard InChI is InChI=1S/C19H23N3O4/c1-14-7-6-10-21(11-14)17(23)13-26-19(24)18-16(25-2)12-22(20-18)15-8-4-3-5-9-15/h3-5,8-9,12,14H,6-7,10-11,13H2,1-2H3/t14-/m0/s1. The molecule has 138 valence electrons. The van der Waals surface area contributed by atoms with Crippen molar-refractivity contribution in [3.05, 3.63) is 42.2 Å². The van der Waals surface area contributed by atoms with Crippen LogP contribution in [0.4, 0.5) is 0 Å². The Morgan fingerprint density at radius 2 is 2.04 bits per heavy atom. The third-order valence-corrected chi connectivity index (χ3v) is 4.45. The van der Waals surface area contributed by atoms with Crippen LogP contribution in [0.3, 0.4) is 0 Å². The molecule has 2 aromatic rings. The number of esters is 1. The molecule has 0 spiro atoms. The van der Waals surface area contributed by atoms with Crippen molar-refractivity contribution in [2.75, 3.05) is 26.8 Å². The van der Waals surface area contributed by atoms with Gasteiger partial charge in [0.05, 0.1) is 19.0 Å². The Hall–Kier alpha value is -2.83. The predicted molar refractivity (Wildman–Crippen MR) is 95.4 cm³/mol. The summed E-state index contributed by atoms with van der Waals surface area (Å²) >= 11 is 0. The number of piperidine rings is 1. The highest BCUT2D eigenvalue weighted by molar-refractivity contribution is 5.92. The minimum Gasteiger partial charge on any atom is -0.493 e. The van der Waals surface area contributed by atoms with Crippen LogP contribution in [0, 0.1) is 5.92 Å². The molecule has 3 rings (SSSR count). The van der Waals surface area contributed by atoms with Crippen LogP contribution in [-0.4, -0.2) is 53.4 Å². The van der Waals surface area contributed by atoms with Crippen molar-refractivity contribution in [2.45, 2.75) is 19.8 Å². The Bertz CT molecular complexity index is 772. The SMILES string of the molecule is COc1cn(-c2ccccc2)nc1C(=O)OCC(=O)N1CCC[C@H](C)C1. The lowest BCUT2D eigenvalue weighted by molar-refractivity contribution is -0.136. The molecule has 0 N–H and O–H groups in total. The quantitative estimate of drug-likeness (QED) is 0.768. The molecule has 0 aliphatic carbocycles. The second kappa shape index (κ2) is 8.03. The number of likely N-dealkylation sites (tertiary alicyclic amines) is 1. The fourth-order valence-electron chi connectivity index (χ4n) is 3.06. The van der Waals surface area contributed by atoms with E-state index in [0.717, 1.165) is 18.5 Å². The summed E-state index contributed by atoms with van der Waals surface area (Å²) in [6, 6.07) is 9.37. The number of amides is 1. The summed E-state index contributed by atoms with van der Waals surface area (Å²) in [5.74, 6) is -0.0655. The first-order valence-electron chi connectivity index (χ1n) is 8.72. The number of para-hydroxylation sites is 1. The van der Waals surface area contributed by atoms with E-state index in [2.05, 4.69) is 12.0 Å². The highest BCUT2D eigenvalue weighted by Gasteiger charge is 2.24. The molecule has 7 nitrogen and oxygen atoms in total. The number of carbonyl (C=O) groups is 2. The van der Waals surface area contributed by atoms with E-state index >= 15 is 0 Å². The fourth-order valence-corrected chi connectivity index (χ4v) is 3.06. The van der Waals surface area contributed by atoms with Gasteiger partial charge in [0.1, 0.15) is 0 Å². The van der Waals surface area contributed by atoms with E-state index in [1.165, 1.54) is 7.11 Å². The van der Waals surface area contributed by atoms with Crippen molar-refractivity contribution in [3.8, 4) is 11.4 Å². The van der Waals surface area contributed by atoms with Crippen molar-refractivity contribution in [1.82, 2.24) is 14.7 Å².